The van der Waals surface area contributed by atoms with Crippen LogP contribution in [0, 0.1) is 0 Å². The molecule has 9 heteroatoms. The smallest absolute Gasteiger partial charge is 0.361 e. The number of esters is 2. The van der Waals surface area contributed by atoms with Crippen LogP contribution in [0.15, 0.2) is 48.6 Å². The maximum absolute atomic E-state index is 12.8. The summed E-state index contributed by atoms with van der Waals surface area (Å²) in [6.45, 7) is 4.81. The summed E-state index contributed by atoms with van der Waals surface area (Å²) in [4.78, 5) is 37.2. The molecule has 0 heterocycles. The highest BCUT2D eigenvalue weighted by atomic mass is 16.7. The van der Waals surface area contributed by atoms with E-state index in [4.69, 9.17) is 18.9 Å². The molecule has 0 spiro atoms. The van der Waals surface area contributed by atoms with Crippen molar-refractivity contribution in [3.05, 3.63) is 48.6 Å². The SMILES string of the molecule is CCCCC/C=C\C/C=C\C/C=C\CCCCCCCCC(=O)OC(COC(=O)CCCCCCC/C=C\CCCCCCCC)COC(OCC[N+](C)(C)C)C(=O)O. The zero-order chi connectivity index (χ0) is 43.5. The summed E-state index contributed by atoms with van der Waals surface area (Å²) in [6.07, 6.45) is 45.9. The second-order valence-electron chi connectivity index (χ2n) is 17.1. The molecule has 0 aromatic carbocycles. The molecule has 1 N–H and O–H groups in total. The lowest BCUT2D eigenvalue weighted by atomic mass is 10.1. The third kappa shape index (κ3) is 43.2. The average Bonchev–Trinajstić information content (AvgIpc) is 3.19. The van der Waals surface area contributed by atoms with Gasteiger partial charge in [-0.05, 0) is 77.0 Å². The number of aliphatic carboxylic acids is 1. The highest BCUT2D eigenvalue weighted by Crippen LogP contribution is 2.13. The van der Waals surface area contributed by atoms with Crippen molar-refractivity contribution in [3.8, 4) is 0 Å². The lowest BCUT2D eigenvalue weighted by Crippen LogP contribution is -2.40. The molecular formula is C50H90NO8+. The van der Waals surface area contributed by atoms with E-state index in [0.29, 0.717) is 17.4 Å². The molecule has 0 aliphatic heterocycles. The topological polar surface area (TPSA) is 108 Å². The fourth-order valence-electron chi connectivity index (χ4n) is 6.31. The summed E-state index contributed by atoms with van der Waals surface area (Å²) < 4.78 is 22.7. The molecule has 0 rings (SSSR count). The number of unbranched alkanes of at least 4 members (excludes halogenated alkanes) is 20. The Labute approximate surface area is 362 Å². The first-order valence-electron chi connectivity index (χ1n) is 23.8. The van der Waals surface area contributed by atoms with E-state index in [1.54, 1.807) is 0 Å². The van der Waals surface area contributed by atoms with Crippen molar-refractivity contribution in [1.82, 2.24) is 0 Å². The first-order chi connectivity index (χ1) is 28.6. The summed E-state index contributed by atoms with van der Waals surface area (Å²) in [5.74, 6) is -2.04. The van der Waals surface area contributed by atoms with Crippen LogP contribution < -0.4 is 0 Å². The van der Waals surface area contributed by atoms with Crippen LogP contribution in [-0.4, -0.2) is 87.4 Å². The van der Waals surface area contributed by atoms with E-state index in [1.165, 1.54) is 70.6 Å². The molecule has 0 saturated heterocycles. The fraction of sp³-hybridized carbons (Fsp3) is 0.780. The van der Waals surface area contributed by atoms with Crippen molar-refractivity contribution in [2.24, 2.45) is 0 Å². The number of quaternary nitrogens is 1. The Bertz CT molecular complexity index is 1110. The van der Waals surface area contributed by atoms with Crippen molar-refractivity contribution in [3.63, 3.8) is 0 Å². The number of allylic oxidation sites excluding steroid dienone is 8. The molecule has 9 nitrogen and oxygen atoms in total. The van der Waals surface area contributed by atoms with Gasteiger partial charge >= 0.3 is 17.9 Å². The van der Waals surface area contributed by atoms with Crippen molar-refractivity contribution >= 4 is 17.9 Å². The predicted molar refractivity (Wildman–Crippen MR) is 244 cm³/mol. The number of likely N-dealkylation sites (N-methyl/N-ethyl adjacent to an activating group) is 1. The Hall–Kier alpha value is -2.75. The molecule has 0 aliphatic carbocycles. The molecule has 0 aliphatic rings. The summed E-state index contributed by atoms with van der Waals surface area (Å²) in [7, 11) is 5.95. The third-order valence-corrected chi connectivity index (χ3v) is 10.1. The number of carboxylic acid groups (broad SMARTS) is 1. The van der Waals surface area contributed by atoms with Gasteiger partial charge < -0.3 is 28.5 Å². The van der Waals surface area contributed by atoms with Gasteiger partial charge in [0.2, 0.25) is 0 Å². The minimum atomic E-state index is -1.51. The number of rotatable bonds is 43. The van der Waals surface area contributed by atoms with Crippen molar-refractivity contribution in [2.75, 3.05) is 47.5 Å². The molecule has 0 aromatic rings. The fourth-order valence-corrected chi connectivity index (χ4v) is 6.31. The van der Waals surface area contributed by atoms with Crippen LogP contribution in [0.25, 0.3) is 0 Å². The average molecular weight is 833 g/mol. The van der Waals surface area contributed by atoms with Gasteiger partial charge in [0.15, 0.2) is 6.10 Å². The van der Waals surface area contributed by atoms with Crippen LogP contribution in [0.5, 0.6) is 0 Å². The van der Waals surface area contributed by atoms with E-state index < -0.39 is 24.3 Å². The molecule has 0 saturated carbocycles. The van der Waals surface area contributed by atoms with Crippen LogP contribution in [0.2, 0.25) is 0 Å². The van der Waals surface area contributed by atoms with Gasteiger partial charge in [-0.3, -0.25) is 9.59 Å². The first-order valence-corrected chi connectivity index (χ1v) is 23.8. The number of nitrogens with zero attached hydrogens (tertiary/aromatic N) is 1. The number of carboxylic acids is 1. The molecular weight excluding hydrogens is 743 g/mol. The number of carbonyl (C=O) groups is 3. The zero-order valence-electron chi connectivity index (χ0n) is 38.7. The monoisotopic (exact) mass is 833 g/mol. The van der Waals surface area contributed by atoms with Gasteiger partial charge in [-0.15, -0.1) is 0 Å². The van der Waals surface area contributed by atoms with Gasteiger partial charge in [-0.25, -0.2) is 4.79 Å². The van der Waals surface area contributed by atoms with Gasteiger partial charge in [0.05, 0.1) is 34.4 Å². The van der Waals surface area contributed by atoms with E-state index in [0.717, 1.165) is 89.9 Å². The van der Waals surface area contributed by atoms with E-state index in [2.05, 4.69) is 62.5 Å². The van der Waals surface area contributed by atoms with Crippen LogP contribution in [0.3, 0.4) is 0 Å². The van der Waals surface area contributed by atoms with Crippen LogP contribution >= 0.6 is 0 Å². The van der Waals surface area contributed by atoms with Gasteiger partial charge in [-0.2, -0.15) is 0 Å². The first kappa shape index (κ1) is 56.2. The van der Waals surface area contributed by atoms with Crippen LogP contribution in [-0.2, 0) is 33.3 Å². The molecule has 342 valence electrons. The van der Waals surface area contributed by atoms with Gasteiger partial charge in [0.1, 0.15) is 13.2 Å². The maximum Gasteiger partial charge on any atom is 0.361 e. The van der Waals surface area contributed by atoms with Gasteiger partial charge in [0, 0.05) is 12.8 Å². The Morgan fingerprint density at radius 3 is 1.41 bits per heavy atom. The Morgan fingerprint density at radius 2 is 0.915 bits per heavy atom. The largest absolute Gasteiger partial charge is 0.477 e. The van der Waals surface area contributed by atoms with Crippen molar-refractivity contribution in [1.29, 1.82) is 0 Å². The highest BCUT2D eigenvalue weighted by Gasteiger charge is 2.25. The number of ether oxygens (including phenoxy) is 4. The lowest BCUT2D eigenvalue weighted by molar-refractivity contribution is -0.870. The quantitative estimate of drug-likeness (QED) is 0.0213. The number of hydrogen-bond acceptors (Lipinski definition) is 7. The molecule has 2 unspecified atom stereocenters. The van der Waals surface area contributed by atoms with Crippen LogP contribution in [0.4, 0.5) is 0 Å². The van der Waals surface area contributed by atoms with Crippen molar-refractivity contribution < 1.29 is 42.9 Å². The van der Waals surface area contributed by atoms with E-state index >= 15 is 0 Å². The number of carbonyl (C=O) groups excluding carboxylic acids is 2. The van der Waals surface area contributed by atoms with E-state index in [1.807, 2.05) is 21.1 Å². The zero-order valence-corrected chi connectivity index (χ0v) is 38.7. The summed E-state index contributed by atoms with van der Waals surface area (Å²) in [5, 5.41) is 9.65. The Balaban J connectivity index is 4.45. The number of hydrogen-bond donors (Lipinski definition) is 1. The van der Waals surface area contributed by atoms with Gasteiger partial charge in [-0.1, -0.05) is 152 Å². The molecule has 59 heavy (non-hydrogen) atoms. The standard InChI is InChI=1S/C50H89NO8/c1-6-8-10-12-14-16-18-20-22-23-24-25-27-29-31-33-35-37-39-41-48(53)59-46(45-58-50(49(54)55)56-43-42-51(3,4)5)44-57-47(52)40-38-36-34-32-30-28-26-21-19-17-15-13-11-9-7-2/h14,16,20-22,24-26,46,50H,6-13,15,17-19,23,27-45H2,1-5H3/p+1/b16-14-,22-20-,25-24-,26-21-. The minimum absolute atomic E-state index is 0.182. The normalized spacial score (nSPS) is 13.3. The van der Waals surface area contributed by atoms with Crippen LogP contribution in [0.1, 0.15) is 194 Å². The Morgan fingerprint density at radius 1 is 0.508 bits per heavy atom. The maximum atomic E-state index is 12.8. The molecule has 0 bridgehead atoms. The molecule has 0 amide bonds. The predicted octanol–water partition coefficient (Wildman–Crippen LogP) is 12.8. The minimum Gasteiger partial charge on any atom is -0.477 e. The second-order valence-corrected chi connectivity index (χ2v) is 17.1. The third-order valence-electron chi connectivity index (χ3n) is 10.1. The second kappa shape index (κ2) is 42.0. The van der Waals surface area contributed by atoms with E-state index in [9.17, 15) is 19.5 Å². The lowest BCUT2D eigenvalue weighted by Gasteiger charge is -2.25. The van der Waals surface area contributed by atoms with Gasteiger partial charge in [0.25, 0.3) is 6.29 Å². The molecule has 0 fully saturated rings. The van der Waals surface area contributed by atoms with Crippen molar-refractivity contribution in [2.45, 2.75) is 206 Å². The molecule has 2 atom stereocenters. The summed E-state index contributed by atoms with van der Waals surface area (Å²) in [5.41, 5.74) is 0. The summed E-state index contributed by atoms with van der Waals surface area (Å²) >= 11 is 0. The highest BCUT2D eigenvalue weighted by molar-refractivity contribution is 5.71. The molecule has 0 radical (unpaired) electrons. The molecule has 0 aromatic heterocycles. The van der Waals surface area contributed by atoms with E-state index in [-0.39, 0.29) is 38.6 Å². The Kier molecular flexibility index (Phi) is 40.0. The summed E-state index contributed by atoms with van der Waals surface area (Å²) in [6, 6.07) is 0.